The molecule has 0 heterocycles. The summed E-state index contributed by atoms with van der Waals surface area (Å²) in [7, 11) is 1.99. The molecule has 5 heteroatoms. The summed E-state index contributed by atoms with van der Waals surface area (Å²) in [6.45, 7) is 3.24. The van der Waals surface area contributed by atoms with Crippen molar-refractivity contribution in [2.24, 2.45) is 0 Å². The van der Waals surface area contributed by atoms with Gasteiger partial charge in [0.05, 0.1) is 17.0 Å². The quantitative estimate of drug-likeness (QED) is 0.783. The summed E-state index contributed by atoms with van der Waals surface area (Å²) in [5.41, 5.74) is 1.02. The number of anilines is 2. The van der Waals surface area contributed by atoms with E-state index in [0.29, 0.717) is 6.54 Å². The maximum atomic E-state index is 12.1. The van der Waals surface area contributed by atoms with E-state index in [2.05, 4.69) is 22.5 Å². The van der Waals surface area contributed by atoms with Crippen molar-refractivity contribution in [1.29, 1.82) is 0 Å². The van der Waals surface area contributed by atoms with Gasteiger partial charge < -0.3 is 20.6 Å². The highest BCUT2D eigenvalue weighted by atomic mass is 16.3. The predicted octanol–water partition coefficient (Wildman–Crippen LogP) is 2.96. The Labute approximate surface area is 132 Å². The summed E-state index contributed by atoms with van der Waals surface area (Å²) in [6.07, 6.45) is 4.77. The number of nitrogens with zero attached hydrogens (tertiary/aromatic N) is 1. The molecule has 1 aromatic rings. The highest BCUT2D eigenvalue weighted by Crippen LogP contribution is 2.27. The standard InChI is InChI=1S/C17H27N3O2/c1-3-20(2)15-10-6-5-9-14(15)19-16(21)18-13-17(22)11-7-4-8-12-17/h5-6,9-10,22H,3-4,7-8,11-13H2,1-2H3,(H2,18,19,21). The number of benzene rings is 1. The lowest BCUT2D eigenvalue weighted by Gasteiger charge is -2.32. The molecule has 122 valence electrons. The molecule has 5 nitrogen and oxygen atoms in total. The van der Waals surface area contributed by atoms with Gasteiger partial charge in [-0.05, 0) is 31.9 Å². The topological polar surface area (TPSA) is 64.6 Å². The number of nitrogens with one attached hydrogen (secondary N) is 2. The molecule has 0 unspecified atom stereocenters. The first-order valence-corrected chi connectivity index (χ1v) is 8.11. The maximum absolute atomic E-state index is 12.1. The van der Waals surface area contributed by atoms with Crippen LogP contribution < -0.4 is 15.5 Å². The largest absolute Gasteiger partial charge is 0.388 e. The first kappa shape index (κ1) is 16.6. The monoisotopic (exact) mass is 305 g/mol. The van der Waals surface area contributed by atoms with E-state index in [1.807, 2.05) is 31.3 Å². The molecule has 1 fully saturated rings. The second-order valence-electron chi connectivity index (χ2n) is 6.12. The summed E-state index contributed by atoms with van der Waals surface area (Å²) >= 11 is 0. The summed E-state index contributed by atoms with van der Waals surface area (Å²) in [5.74, 6) is 0. The van der Waals surface area contributed by atoms with Crippen LogP contribution in [0.4, 0.5) is 16.2 Å². The Morgan fingerprint density at radius 3 is 2.64 bits per heavy atom. The van der Waals surface area contributed by atoms with Crippen molar-refractivity contribution in [3.63, 3.8) is 0 Å². The van der Waals surface area contributed by atoms with Crippen LogP contribution in [0.5, 0.6) is 0 Å². The van der Waals surface area contributed by atoms with Crippen LogP contribution in [0.25, 0.3) is 0 Å². The van der Waals surface area contributed by atoms with Gasteiger partial charge in [0.25, 0.3) is 0 Å². The molecule has 22 heavy (non-hydrogen) atoms. The van der Waals surface area contributed by atoms with Gasteiger partial charge in [0.1, 0.15) is 0 Å². The van der Waals surface area contributed by atoms with Crippen LogP contribution in [0, 0.1) is 0 Å². The van der Waals surface area contributed by atoms with E-state index in [1.165, 1.54) is 6.42 Å². The minimum absolute atomic E-state index is 0.268. The molecule has 0 aliphatic heterocycles. The van der Waals surface area contributed by atoms with Gasteiger partial charge in [0.2, 0.25) is 0 Å². The normalized spacial score (nSPS) is 16.9. The number of para-hydroxylation sites is 2. The minimum atomic E-state index is -0.741. The van der Waals surface area contributed by atoms with E-state index in [-0.39, 0.29) is 6.03 Å². The molecule has 0 atom stereocenters. The summed E-state index contributed by atoms with van der Waals surface area (Å²) < 4.78 is 0. The van der Waals surface area contributed by atoms with Crippen LogP contribution in [0.2, 0.25) is 0 Å². The number of carbonyl (C=O) groups is 1. The molecule has 0 saturated heterocycles. The van der Waals surface area contributed by atoms with Crippen LogP contribution in [0.1, 0.15) is 39.0 Å². The van der Waals surface area contributed by atoms with Gasteiger partial charge in [-0.3, -0.25) is 0 Å². The zero-order valence-electron chi connectivity index (χ0n) is 13.6. The Hall–Kier alpha value is -1.75. The average Bonchev–Trinajstić information content (AvgIpc) is 2.54. The Morgan fingerprint density at radius 1 is 1.27 bits per heavy atom. The van der Waals surface area contributed by atoms with Crippen molar-refractivity contribution in [3.05, 3.63) is 24.3 Å². The molecule has 1 aliphatic rings. The molecule has 1 saturated carbocycles. The third-order valence-corrected chi connectivity index (χ3v) is 4.40. The SMILES string of the molecule is CCN(C)c1ccccc1NC(=O)NCC1(O)CCCCC1. The van der Waals surface area contributed by atoms with Crippen molar-refractivity contribution < 1.29 is 9.90 Å². The van der Waals surface area contributed by atoms with E-state index >= 15 is 0 Å². The van der Waals surface area contributed by atoms with Crippen LogP contribution in [0.3, 0.4) is 0 Å². The van der Waals surface area contributed by atoms with E-state index < -0.39 is 5.60 Å². The highest BCUT2D eigenvalue weighted by molar-refractivity contribution is 5.93. The zero-order valence-corrected chi connectivity index (χ0v) is 13.6. The Morgan fingerprint density at radius 2 is 1.95 bits per heavy atom. The molecule has 2 amide bonds. The van der Waals surface area contributed by atoms with Crippen molar-refractivity contribution in [3.8, 4) is 0 Å². The fraction of sp³-hybridized carbons (Fsp3) is 0.588. The van der Waals surface area contributed by atoms with Crippen LogP contribution in [-0.2, 0) is 0 Å². The number of amides is 2. The van der Waals surface area contributed by atoms with Gasteiger partial charge >= 0.3 is 6.03 Å². The molecular formula is C17H27N3O2. The summed E-state index contributed by atoms with van der Waals surface area (Å²) in [4.78, 5) is 14.2. The lowest BCUT2D eigenvalue weighted by atomic mass is 9.85. The van der Waals surface area contributed by atoms with Crippen molar-refractivity contribution in [1.82, 2.24) is 5.32 Å². The van der Waals surface area contributed by atoms with Gasteiger partial charge in [-0.2, -0.15) is 0 Å². The number of hydrogen-bond donors (Lipinski definition) is 3. The third kappa shape index (κ3) is 4.37. The Kier molecular flexibility index (Phi) is 5.66. The molecule has 1 aliphatic carbocycles. The second-order valence-corrected chi connectivity index (χ2v) is 6.12. The van der Waals surface area contributed by atoms with E-state index in [4.69, 9.17) is 0 Å². The first-order valence-electron chi connectivity index (χ1n) is 8.11. The lowest BCUT2D eigenvalue weighted by molar-refractivity contribution is 0.00755. The fourth-order valence-corrected chi connectivity index (χ4v) is 2.88. The molecule has 0 bridgehead atoms. The van der Waals surface area contributed by atoms with Crippen molar-refractivity contribution in [2.75, 3.05) is 30.4 Å². The van der Waals surface area contributed by atoms with Crippen molar-refractivity contribution >= 4 is 17.4 Å². The van der Waals surface area contributed by atoms with E-state index in [0.717, 1.165) is 43.6 Å². The highest BCUT2D eigenvalue weighted by Gasteiger charge is 2.29. The maximum Gasteiger partial charge on any atom is 0.319 e. The molecule has 0 aromatic heterocycles. The van der Waals surface area contributed by atoms with Gasteiger partial charge in [-0.1, -0.05) is 31.4 Å². The fourth-order valence-electron chi connectivity index (χ4n) is 2.88. The number of urea groups is 1. The molecule has 2 rings (SSSR count). The number of aliphatic hydroxyl groups is 1. The number of rotatable bonds is 5. The van der Waals surface area contributed by atoms with Crippen LogP contribution in [-0.4, -0.2) is 36.9 Å². The smallest absolute Gasteiger partial charge is 0.319 e. The van der Waals surface area contributed by atoms with Gasteiger partial charge in [0, 0.05) is 20.1 Å². The number of carbonyl (C=O) groups excluding carboxylic acids is 1. The average molecular weight is 305 g/mol. The van der Waals surface area contributed by atoms with Gasteiger partial charge in [-0.15, -0.1) is 0 Å². The molecule has 0 spiro atoms. The summed E-state index contributed by atoms with van der Waals surface area (Å²) in [6, 6.07) is 7.45. The Bertz CT molecular complexity index is 498. The van der Waals surface area contributed by atoms with Crippen LogP contribution >= 0.6 is 0 Å². The van der Waals surface area contributed by atoms with Gasteiger partial charge in [-0.25, -0.2) is 4.79 Å². The Balaban J connectivity index is 1.92. The molecule has 0 radical (unpaired) electrons. The minimum Gasteiger partial charge on any atom is -0.388 e. The van der Waals surface area contributed by atoms with E-state index in [1.54, 1.807) is 0 Å². The second kappa shape index (κ2) is 7.49. The zero-order chi connectivity index (χ0) is 16.0. The number of hydrogen-bond acceptors (Lipinski definition) is 3. The lowest BCUT2D eigenvalue weighted by Crippen LogP contribution is -2.45. The van der Waals surface area contributed by atoms with Crippen LogP contribution in [0.15, 0.2) is 24.3 Å². The molecular weight excluding hydrogens is 278 g/mol. The predicted molar refractivity (Wildman–Crippen MR) is 90.4 cm³/mol. The first-order chi connectivity index (χ1) is 10.5. The molecule has 1 aromatic carbocycles. The van der Waals surface area contributed by atoms with Gasteiger partial charge in [0.15, 0.2) is 0 Å². The third-order valence-electron chi connectivity index (χ3n) is 4.40. The van der Waals surface area contributed by atoms with E-state index in [9.17, 15) is 9.90 Å². The molecule has 3 N–H and O–H groups in total. The summed E-state index contributed by atoms with van der Waals surface area (Å²) in [5, 5.41) is 16.1. The van der Waals surface area contributed by atoms with Crippen molar-refractivity contribution in [2.45, 2.75) is 44.6 Å².